The summed E-state index contributed by atoms with van der Waals surface area (Å²) in [5.74, 6) is 0.841. The SMILES string of the molecule is [2H]c1c([2H])c(-c2ccnc(-c3[c-]c(-c4cccc5c4nc(-c4cc(C(C)(C)C)cc(C(C)(C)C)c4O)n5-c4ccc(-c5cc(C(C)(C)C)cc(C(C)(C)C)c5)cc4C)cc(C(C)(C)C)c3)c2)c([2H])c([2H])c1C.[Pt]. The van der Waals surface area contributed by atoms with E-state index >= 15 is 0 Å². The summed E-state index contributed by atoms with van der Waals surface area (Å²) in [6.07, 6.45) is 1.66. The Balaban J connectivity index is 0.00000780. The van der Waals surface area contributed by atoms with Crippen LogP contribution >= 0.6 is 0 Å². The van der Waals surface area contributed by atoms with Crippen molar-refractivity contribution < 1.29 is 31.7 Å². The number of imidazole rings is 1. The number of aromatic hydroxyl groups is 1. The van der Waals surface area contributed by atoms with E-state index in [4.69, 9.17) is 15.5 Å². The first-order valence-electron chi connectivity index (χ1n) is 26.0. The molecule has 5 heteroatoms. The third-order valence-electron chi connectivity index (χ3n) is 13.2. The Labute approximate surface area is 433 Å². The average molecular weight is 1100 g/mol. The van der Waals surface area contributed by atoms with Gasteiger partial charge in [-0.05, 0) is 116 Å². The Morgan fingerprint density at radius 2 is 1.10 bits per heavy atom. The minimum absolute atomic E-state index is 0. The molecule has 0 aliphatic carbocycles. The second kappa shape index (κ2) is 18.3. The second-order valence-electron chi connectivity index (χ2n) is 24.0. The van der Waals surface area contributed by atoms with Crippen molar-refractivity contribution in [1.29, 1.82) is 0 Å². The molecule has 0 saturated heterocycles. The topological polar surface area (TPSA) is 50.9 Å². The molecule has 360 valence electrons. The van der Waals surface area contributed by atoms with Crippen molar-refractivity contribution in [3.05, 3.63) is 166 Å². The number of para-hydroxylation sites is 1. The first-order valence-corrected chi connectivity index (χ1v) is 24.0. The molecule has 0 spiro atoms. The molecule has 2 aromatic heterocycles. The van der Waals surface area contributed by atoms with E-state index < -0.39 is 0 Å². The fourth-order valence-corrected chi connectivity index (χ4v) is 8.84. The van der Waals surface area contributed by atoms with Gasteiger partial charge in [0.25, 0.3) is 0 Å². The molecule has 4 nitrogen and oxygen atoms in total. The molecule has 8 aromatic rings. The van der Waals surface area contributed by atoms with E-state index in [1.165, 1.54) is 16.7 Å². The van der Waals surface area contributed by atoms with E-state index in [-0.39, 0.29) is 83.6 Å². The number of hydrogen-bond donors (Lipinski definition) is 1. The van der Waals surface area contributed by atoms with Crippen molar-refractivity contribution in [2.75, 3.05) is 0 Å². The van der Waals surface area contributed by atoms with Crippen molar-refractivity contribution in [2.24, 2.45) is 0 Å². The van der Waals surface area contributed by atoms with Crippen LogP contribution in [-0.2, 0) is 48.1 Å². The van der Waals surface area contributed by atoms with E-state index in [9.17, 15) is 5.11 Å². The summed E-state index contributed by atoms with van der Waals surface area (Å²) >= 11 is 0. The van der Waals surface area contributed by atoms with Gasteiger partial charge in [-0.25, -0.2) is 4.98 Å². The van der Waals surface area contributed by atoms with Gasteiger partial charge < -0.3 is 5.11 Å². The van der Waals surface area contributed by atoms with Crippen LogP contribution in [0, 0.1) is 19.9 Å². The maximum absolute atomic E-state index is 12.6. The van der Waals surface area contributed by atoms with Crippen LogP contribution in [0.4, 0.5) is 0 Å². The molecule has 0 aliphatic heterocycles. The fraction of sp³-hybridized carbons (Fsp3) is 0.344. The van der Waals surface area contributed by atoms with Crippen LogP contribution in [0.25, 0.3) is 72.7 Å². The molecule has 0 atom stereocenters. The van der Waals surface area contributed by atoms with Crippen LogP contribution in [0.15, 0.2) is 121 Å². The Morgan fingerprint density at radius 3 is 1.68 bits per heavy atom. The van der Waals surface area contributed by atoms with Gasteiger partial charge in [-0.3, -0.25) is 9.55 Å². The normalized spacial score (nSPS) is 13.5. The minimum atomic E-state index is -0.367. The molecule has 69 heavy (non-hydrogen) atoms. The van der Waals surface area contributed by atoms with E-state index in [0.717, 1.165) is 61.2 Å². The first-order chi connectivity index (χ1) is 33.2. The zero-order chi connectivity index (χ0) is 52.9. The fourth-order valence-electron chi connectivity index (χ4n) is 8.84. The number of fused-ring (bicyclic) bond motifs is 1. The number of benzene rings is 6. The summed E-state index contributed by atoms with van der Waals surface area (Å²) in [7, 11) is 0. The standard InChI is InChI=1S/C64H72N3O.Pt/c1-39-21-23-41(24-22-39)43-27-28-65-54(35-43)46-30-45(33-47(34-46)60(3,4)5)51-19-18-20-56-57(51)66-59(52-37-50(63(12,13)14)38-53(58(52)68)64(15,16)17)67(56)55-26-25-42(29-40(55)2)44-31-48(61(6,7)8)36-49(32-44)62(9,10)11;/h18-29,31-38,68H,1-17H3;/q-1;/i21D,22D,23D,24D;. The average Bonchev–Trinajstić information content (AvgIpc) is 3.67. The van der Waals surface area contributed by atoms with Crippen LogP contribution in [0.3, 0.4) is 0 Å². The molecule has 0 aliphatic rings. The first kappa shape index (κ1) is 45.8. The summed E-state index contributed by atoms with van der Waals surface area (Å²) in [5, 5.41) is 12.6. The third-order valence-corrected chi connectivity index (χ3v) is 13.2. The maximum Gasteiger partial charge on any atom is 0.148 e. The van der Waals surface area contributed by atoms with Crippen molar-refractivity contribution in [1.82, 2.24) is 14.5 Å². The number of nitrogens with zero attached hydrogens (tertiary/aromatic N) is 3. The van der Waals surface area contributed by atoms with Crippen molar-refractivity contribution in [2.45, 2.75) is 145 Å². The molecule has 0 unspecified atom stereocenters. The number of aromatic nitrogens is 3. The number of pyridine rings is 1. The van der Waals surface area contributed by atoms with E-state index in [0.29, 0.717) is 28.2 Å². The molecule has 2 heterocycles. The van der Waals surface area contributed by atoms with Gasteiger partial charge in [0.1, 0.15) is 11.6 Å². The van der Waals surface area contributed by atoms with E-state index in [1.807, 2.05) is 6.07 Å². The predicted molar refractivity (Wildman–Crippen MR) is 290 cm³/mol. The quantitative estimate of drug-likeness (QED) is 0.169. The zero-order valence-electron chi connectivity index (χ0n) is 47.8. The number of rotatable bonds is 6. The summed E-state index contributed by atoms with van der Waals surface area (Å²) in [5.41, 5.74) is 15.3. The van der Waals surface area contributed by atoms with E-state index in [1.54, 1.807) is 19.2 Å². The largest absolute Gasteiger partial charge is 0.507 e. The molecule has 0 bridgehead atoms. The monoisotopic (exact) mass is 1100 g/mol. The van der Waals surface area contributed by atoms with Gasteiger partial charge in [0, 0.05) is 38.5 Å². The number of hydrogen-bond acceptors (Lipinski definition) is 3. The molecule has 0 radical (unpaired) electrons. The van der Waals surface area contributed by atoms with Gasteiger partial charge in [0.05, 0.1) is 27.8 Å². The van der Waals surface area contributed by atoms with Crippen molar-refractivity contribution >= 4 is 11.0 Å². The maximum atomic E-state index is 12.6. The molecule has 0 fully saturated rings. The molecule has 0 amide bonds. The van der Waals surface area contributed by atoms with Gasteiger partial charge in [-0.1, -0.05) is 193 Å². The summed E-state index contributed by atoms with van der Waals surface area (Å²) < 4.78 is 37.0. The predicted octanol–water partition coefficient (Wildman–Crippen LogP) is 17.4. The Bertz CT molecular complexity index is 3400. The van der Waals surface area contributed by atoms with Crippen molar-refractivity contribution in [3.63, 3.8) is 0 Å². The van der Waals surface area contributed by atoms with Gasteiger partial charge in [-0.2, -0.15) is 0 Å². The van der Waals surface area contributed by atoms with Crippen LogP contribution in [0.5, 0.6) is 5.75 Å². The molecular weight excluding hydrogens is 1020 g/mol. The number of phenols is 1. The molecule has 8 rings (SSSR count). The molecule has 1 N–H and O–H groups in total. The van der Waals surface area contributed by atoms with Gasteiger partial charge in [-0.15, -0.1) is 29.3 Å². The summed E-state index contributed by atoms with van der Waals surface area (Å²) in [6, 6.07) is 35.6. The Morgan fingerprint density at radius 1 is 0.536 bits per heavy atom. The van der Waals surface area contributed by atoms with Gasteiger partial charge in [0.2, 0.25) is 0 Å². The van der Waals surface area contributed by atoms with Crippen molar-refractivity contribution in [3.8, 4) is 67.5 Å². The van der Waals surface area contributed by atoms with Crippen LogP contribution in [0.2, 0.25) is 0 Å². The van der Waals surface area contributed by atoms with Gasteiger partial charge >= 0.3 is 0 Å². The minimum Gasteiger partial charge on any atom is -0.507 e. The summed E-state index contributed by atoms with van der Waals surface area (Å²) in [6.45, 7) is 37.0. The number of phenolic OH excluding ortho intramolecular Hbond substituents is 1. The molecular formula is C64H72N3OPt-. The Hall–Kier alpha value is -5.57. The number of aryl methyl sites for hydroxylation is 1. The van der Waals surface area contributed by atoms with Gasteiger partial charge in [0.15, 0.2) is 0 Å². The molecule has 0 saturated carbocycles. The second-order valence-corrected chi connectivity index (χ2v) is 24.0. The van der Waals surface area contributed by atoms with Crippen LogP contribution < -0.4 is 0 Å². The van der Waals surface area contributed by atoms with Crippen LogP contribution in [-0.4, -0.2) is 19.6 Å². The smallest absolute Gasteiger partial charge is 0.148 e. The third kappa shape index (κ3) is 10.5. The van der Waals surface area contributed by atoms with E-state index in [2.05, 4.69) is 200 Å². The summed E-state index contributed by atoms with van der Waals surface area (Å²) in [4.78, 5) is 10.4. The zero-order valence-corrected chi connectivity index (χ0v) is 46.1. The molecule has 6 aromatic carbocycles. The van der Waals surface area contributed by atoms with Crippen LogP contribution in [0.1, 0.15) is 148 Å². The Kier molecular flexibility index (Phi) is 12.2.